The number of nitrogens with zero attached hydrogens (tertiary/aromatic N) is 5. The number of pyridine rings is 2. The van der Waals surface area contributed by atoms with Crippen LogP contribution in [0.3, 0.4) is 0 Å². The zero-order valence-corrected chi connectivity index (χ0v) is 14.8. The molecule has 0 saturated heterocycles. The number of methoxy groups -OCH3 is 1. The molecule has 0 aliphatic heterocycles. The van der Waals surface area contributed by atoms with E-state index in [0.29, 0.717) is 11.6 Å². The number of carboxylic acid groups (broad SMARTS) is 1. The molecule has 1 N–H and O–H groups in total. The molecule has 8 nitrogen and oxygen atoms in total. The van der Waals surface area contributed by atoms with Gasteiger partial charge < -0.3 is 11.3 Å². The van der Waals surface area contributed by atoms with Crippen molar-refractivity contribution in [1.29, 1.82) is 0 Å². The van der Waals surface area contributed by atoms with Crippen LogP contribution in [-0.4, -0.2) is 42.9 Å². The second-order valence-electron chi connectivity index (χ2n) is 4.40. The average Bonchev–Trinajstić information content (AvgIpc) is 3.01. The molecule has 118 valence electrons. The summed E-state index contributed by atoms with van der Waals surface area (Å²) in [6.45, 7) is 0. The number of halogens is 1. The standard InChI is InChI=1S/C14H10FN5O3.Na.H/c1-23-11-5-3-9(7-17-11)20-13(18-12(19-20)14(21)22)10-4-2-8(15)6-16-10;;/h2-7H,1H3,(H,21,22);;/q;+1;-1. The van der Waals surface area contributed by atoms with Crippen molar-refractivity contribution in [3.05, 3.63) is 48.3 Å². The molecule has 0 fully saturated rings. The van der Waals surface area contributed by atoms with E-state index in [1.54, 1.807) is 12.1 Å². The topological polar surface area (TPSA) is 103 Å². The molecule has 24 heavy (non-hydrogen) atoms. The van der Waals surface area contributed by atoms with Gasteiger partial charge in [0.1, 0.15) is 11.5 Å². The van der Waals surface area contributed by atoms with Crippen LogP contribution >= 0.6 is 0 Å². The minimum Gasteiger partial charge on any atom is -1.00 e. The summed E-state index contributed by atoms with van der Waals surface area (Å²) in [6, 6.07) is 5.82. The first kappa shape index (κ1) is 18.0. The van der Waals surface area contributed by atoms with E-state index in [4.69, 9.17) is 9.84 Å². The Morgan fingerprint density at radius 2 is 2.04 bits per heavy atom. The third-order valence-electron chi connectivity index (χ3n) is 2.93. The molecule has 0 aliphatic carbocycles. The summed E-state index contributed by atoms with van der Waals surface area (Å²) in [6.07, 6.45) is 2.47. The summed E-state index contributed by atoms with van der Waals surface area (Å²) in [7, 11) is 1.48. The van der Waals surface area contributed by atoms with Gasteiger partial charge in [-0.3, -0.25) is 0 Å². The van der Waals surface area contributed by atoms with Gasteiger partial charge in [0.2, 0.25) is 5.88 Å². The summed E-state index contributed by atoms with van der Waals surface area (Å²) in [4.78, 5) is 23.0. The fraction of sp³-hybridized carbons (Fsp3) is 0.0714. The van der Waals surface area contributed by atoms with E-state index in [2.05, 4.69) is 20.1 Å². The molecule has 0 spiro atoms. The van der Waals surface area contributed by atoms with Crippen LogP contribution in [0.2, 0.25) is 0 Å². The molecule has 0 unspecified atom stereocenters. The molecular weight excluding hydrogens is 328 g/mol. The zero-order valence-electron chi connectivity index (χ0n) is 13.8. The number of ether oxygens (including phenoxy) is 1. The molecule has 0 saturated carbocycles. The number of hydrogen-bond acceptors (Lipinski definition) is 6. The first-order valence-electron chi connectivity index (χ1n) is 6.41. The van der Waals surface area contributed by atoms with Crippen LogP contribution in [0.15, 0.2) is 36.7 Å². The van der Waals surface area contributed by atoms with E-state index in [-0.39, 0.29) is 42.5 Å². The van der Waals surface area contributed by atoms with Crippen LogP contribution < -0.4 is 34.3 Å². The summed E-state index contributed by atoms with van der Waals surface area (Å²) < 4.78 is 19.3. The maximum Gasteiger partial charge on any atom is 1.00 e. The summed E-state index contributed by atoms with van der Waals surface area (Å²) >= 11 is 0. The number of carbonyl (C=O) groups is 1. The van der Waals surface area contributed by atoms with Gasteiger partial charge in [-0.2, -0.15) is 4.98 Å². The zero-order chi connectivity index (χ0) is 16.4. The average molecular weight is 339 g/mol. The molecule has 0 aliphatic rings. The molecule has 3 aromatic rings. The SMILES string of the molecule is COc1ccc(-n2nc(C(=O)O)nc2-c2ccc(F)cn2)cn1.[H-].[Na+]. The molecular formula is C14H11FN5NaO3. The molecule has 0 radical (unpaired) electrons. The van der Waals surface area contributed by atoms with E-state index in [1.807, 2.05) is 0 Å². The minimum atomic E-state index is -1.28. The van der Waals surface area contributed by atoms with Gasteiger partial charge in [0.05, 0.1) is 25.2 Å². The third kappa shape index (κ3) is 3.58. The maximum absolute atomic E-state index is 13.0. The van der Waals surface area contributed by atoms with Gasteiger partial charge in [0, 0.05) is 6.07 Å². The number of aromatic nitrogens is 5. The smallest absolute Gasteiger partial charge is 1.00 e. The van der Waals surface area contributed by atoms with Gasteiger partial charge >= 0.3 is 35.5 Å². The minimum absolute atomic E-state index is 0. The van der Waals surface area contributed by atoms with Crippen LogP contribution in [0.5, 0.6) is 5.88 Å². The Labute approximate surface area is 159 Å². The van der Waals surface area contributed by atoms with E-state index in [0.717, 1.165) is 6.20 Å². The molecule has 10 heteroatoms. The molecule has 0 aromatic carbocycles. The van der Waals surface area contributed by atoms with Gasteiger partial charge in [-0.25, -0.2) is 23.8 Å². The van der Waals surface area contributed by atoms with Gasteiger partial charge in [0.15, 0.2) is 5.82 Å². The van der Waals surface area contributed by atoms with Crippen LogP contribution in [0.25, 0.3) is 17.2 Å². The van der Waals surface area contributed by atoms with Crippen molar-refractivity contribution in [1.82, 2.24) is 24.7 Å². The van der Waals surface area contributed by atoms with Crippen LogP contribution in [-0.2, 0) is 0 Å². The molecule has 3 aromatic heterocycles. The molecule has 0 bridgehead atoms. The van der Waals surface area contributed by atoms with Crippen molar-refractivity contribution in [2.45, 2.75) is 0 Å². The normalized spacial score (nSPS) is 10.1. The maximum atomic E-state index is 13.0. The monoisotopic (exact) mass is 339 g/mol. The van der Waals surface area contributed by atoms with Crippen molar-refractivity contribution in [3.8, 4) is 23.1 Å². The van der Waals surface area contributed by atoms with E-state index >= 15 is 0 Å². The number of carboxylic acids is 1. The van der Waals surface area contributed by atoms with Gasteiger partial charge in [0.25, 0.3) is 5.82 Å². The Balaban J connectivity index is 0.00000156. The first-order chi connectivity index (χ1) is 11.1. The van der Waals surface area contributed by atoms with E-state index in [1.165, 1.54) is 30.1 Å². The summed E-state index contributed by atoms with van der Waals surface area (Å²) in [5.41, 5.74) is 0.745. The van der Waals surface area contributed by atoms with Crippen LogP contribution in [0, 0.1) is 5.82 Å². The van der Waals surface area contributed by atoms with Crippen molar-refractivity contribution < 1.29 is 50.0 Å². The molecule has 0 amide bonds. The second-order valence-corrected chi connectivity index (χ2v) is 4.40. The predicted octanol–water partition coefficient (Wildman–Crippen LogP) is -1.31. The summed E-state index contributed by atoms with van der Waals surface area (Å²) in [5, 5.41) is 13.0. The number of aromatic carboxylic acids is 1. The molecule has 3 rings (SSSR count). The van der Waals surface area contributed by atoms with Gasteiger partial charge in [-0.15, -0.1) is 5.10 Å². The Morgan fingerprint density at radius 3 is 2.58 bits per heavy atom. The molecule has 0 atom stereocenters. The third-order valence-corrected chi connectivity index (χ3v) is 2.93. The fourth-order valence-corrected chi connectivity index (χ4v) is 1.88. The Hall–Kier alpha value is -2.36. The van der Waals surface area contributed by atoms with Gasteiger partial charge in [-0.05, 0) is 18.2 Å². The van der Waals surface area contributed by atoms with Crippen molar-refractivity contribution in [2.24, 2.45) is 0 Å². The Bertz CT molecular complexity index is 858. The number of hydrogen-bond donors (Lipinski definition) is 1. The predicted molar refractivity (Wildman–Crippen MR) is 77.0 cm³/mol. The van der Waals surface area contributed by atoms with E-state index in [9.17, 15) is 9.18 Å². The first-order valence-corrected chi connectivity index (χ1v) is 6.41. The quantitative estimate of drug-likeness (QED) is 0.589. The fourth-order valence-electron chi connectivity index (χ4n) is 1.88. The van der Waals surface area contributed by atoms with Crippen molar-refractivity contribution in [2.75, 3.05) is 7.11 Å². The van der Waals surface area contributed by atoms with Gasteiger partial charge in [-0.1, -0.05) is 0 Å². The Morgan fingerprint density at radius 1 is 1.25 bits per heavy atom. The Kier molecular flexibility index (Phi) is 5.60. The van der Waals surface area contributed by atoms with Crippen LogP contribution in [0.1, 0.15) is 12.0 Å². The number of rotatable bonds is 4. The van der Waals surface area contributed by atoms with Crippen molar-refractivity contribution >= 4 is 5.97 Å². The largest absolute Gasteiger partial charge is 1.00 e. The molecule has 3 heterocycles. The second kappa shape index (κ2) is 7.47. The van der Waals surface area contributed by atoms with Crippen LogP contribution in [0.4, 0.5) is 4.39 Å². The summed E-state index contributed by atoms with van der Waals surface area (Å²) in [5.74, 6) is -1.64. The van der Waals surface area contributed by atoms with Crippen molar-refractivity contribution in [3.63, 3.8) is 0 Å². The van der Waals surface area contributed by atoms with E-state index < -0.39 is 17.6 Å².